The number of fused-ring (bicyclic) bond motifs is 2. The molecule has 0 aliphatic heterocycles. The molecule has 3 aromatic rings. The van der Waals surface area contributed by atoms with E-state index in [1.54, 1.807) is 6.07 Å². The maximum atomic E-state index is 12.1. The summed E-state index contributed by atoms with van der Waals surface area (Å²) in [5.74, 6) is 0. The molecule has 0 unspecified atom stereocenters. The van der Waals surface area contributed by atoms with E-state index in [1.165, 1.54) is 6.07 Å². The van der Waals surface area contributed by atoms with Crippen molar-refractivity contribution in [3.05, 3.63) is 67.4 Å². The number of hydrogen-bond donors (Lipinski definition) is 0. The van der Waals surface area contributed by atoms with E-state index in [2.05, 4.69) is 10.8 Å². The minimum absolute atomic E-state index is 0. The summed E-state index contributed by atoms with van der Waals surface area (Å²) < 4.78 is 28.8. The molecule has 0 spiro atoms. The zero-order chi connectivity index (χ0) is 14.2. The Morgan fingerprint density at radius 2 is 1.52 bits per heavy atom. The summed E-state index contributed by atoms with van der Waals surface area (Å²) in [7, 11) is -3.82. The number of benzene rings is 3. The normalized spacial score (nSPS) is 11.0. The van der Waals surface area contributed by atoms with Crippen molar-refractivity contribution in [3.63, 3.8) is 0 Å². The van der Waals surface area contributed by atoms with Gasteiger partial charge in [-0.1, -0.05) is 43.0 Å². The fourth-order valence-electron chi connectivity index (χ4n) is 2.30. The molecule has 0 aliphatic rings. The third-order valence-electron chi connectivity index (χ3n) is 3.17. The van der Waals surface area contributed by atoms with Crippen molar-refractivity contribution in [2.45, 2.75) is 4.90 Å². The summed E-state index contributed by atoms with van der Waals surface area (Å²) in [6.07, 6.45) is 0.926. The molecule has 0 saturated heterocycles. The minimum atomic E-state index is -3.82. The summed E-state index contributed by atoms with van der Waals surface area (Å²) in [5.41, 5.74) is 0. The van der Waals surface area contributed by atoms with Crippen LogP contribution in [0.5, 0.6) is 0 Å². The molecule has 21 heavy (non-hydrogen) atoms. The Bertz CT molecular complexity index is 917. The summed E-state index contributed by atoms with van der Waals surface area (Å²) in [4.78, 5) is 0.153. The third-order valence-corrected chi connectivity index (χ3v) is 4.45. The SMILES string of the molecule is C=COS(=O)(=O)c1cccc2cc3ccccc3cc12.[LiH]. The van der Waals surface area contributed by atoms with Gasteiger partial charge in [-0.05, 0) is 34.4 Å². The van der Waals surface area contributed by atoms with Crippen LogP contribution in [0.4, 0.5) is 0 Å². The van der Waals surface area contributed by atoms with E-state index >= 15 is 0 Å². The molecule has 0 radical (unpaired) electrons. The van der Waals surface area contributed by atoms with Crippen molar-refractivity contribution < 1.29 is 12.6 Å². The van der Waals surface area contributed by atoms with E-state index < -0.39 is 10.1 Å². The molecule has 5 heteroatoms. The molecule has 0 aromatic heterocycles. The second-order valence-corrected chi connectivity index (χ2v) is 5.93. The summed E-state index contributed by atoms with van der Waals surface area (Å²) in [5, 5.41) is 3.56. The zero-order valence-corrected chi connectivity index (χ0v) is 11.4. The molecular weight excluding hydrogens is 279 g/mol. The van der Waals surface area contributed by atoms with Crippen molar-refractivity contribution in [2.75, 3.05) is 0 Å². The fourth-order valence-corrected chi connectivity index (χ4v) is 3.27. The molecule has 3 nitrogen and oxygen atoms in total. The average Bonchev–Trinajstić information content (AvgIpc) is 2.44. The third kappa shape index (κ3) is 2.84. The summed E-state index contributed by atoms with van der Waals surface area (Å²) >= 11 is 0. The first-order chi connectivity index (χ1) is 9.62. The molecule has 0 bridgehead atoms. The Hall–Kier alpha value is -1.73. The molecule has 0 aliphatic carbocycles. The van der Waals surface area contributed by atoms with Crippen LogP contribution in [0.25, 0.3) is 21.5 Å². The van der Waals surface area contributed by atoms with Gasteiger partial charge in [0.2, 0.25) is 0 Å². The van der Waals surface area contributed by atoms with E-state index in [0.717, 1.165) is 22.4 Å². The van der Waals surface area contributed by atoms with Crippen LogP contribution in [-0.4, -0.2) is 27.3 Å². The van der Waals surface area contributed by atoms with Gasteiger partial charge in [0, 0.05) is 5.39 Å². The van der Waals surface area contributed by atoms with Gasteiger partial charge in [-0.15, -0.1) is 0 Å². The Kier molecular flexibility index (Phi) is 4.43. The monoisotopic (exact) mass is 292 g/mol. The molecule has 3 rings (SSSR count). The van der Waals surface area contributed by atoms with Gasteiger partial charge in [0.05, 0.1) is 6.26 Å². The summed E-state index contributed by atoms with van der Waals surface area (Å²) in [6.45, 7) is 3.30. The predicted octanol–water partition coefficient (Wildman–Crippen LogP) is 3.19. The van der Waals surface area contributed by atoms with Gasteiger partial charge in [-0.3, -0.25) is 0 Å². The van der Waals surface area contributed by atoms with Crippen LogP contribution in [-0.2, 0) is 14.3 Å². The molecular formula is C16H13LiO3S. The maximum absolute atomic E-state index is 12.1. The van der Waals surface area contributed by atoms with Gasteiger partial charge in [0.1, 0.15) is 4.90 Å². The van der Waals surface area contributed by atoms with Crippen LogP contribution in [0.2, 0.25) is 0 Å². The second-order valence-electron chi connectivity index (χ2n) is 4.39. The molecule has 0 saturated carbocycles. The van der Waals surface area contributed by atoms with Gasteiger partial charge in [0.25, 0.3) is 0 Å². The average molecular weight is 292 g/mol. The number of hydrogen-bond acceptors (Lipinski definition) is 3. The van der Waals surface area contributed by atoms with Gasteiger partial charge in [-0.25, -0.2) is 0 Å². The van der Waals surface area contributed by atoms with Gasteiger partial charge in [-0.2, -0.15) is 8.42 Å². The first kappa shape index (κ1) is 15.7. The Morgan fingerprint density at radius 3 is 2.19 bits per heavy atom. The van der Waals surface area contributed by atoms with Gasteiger partial charge < -0.3 is 4.18 Å². The molecule has 0 heterocycles. The molecule has 0 amide bonds. The van der Waals surface area contributed by atoms with E-state index in [9.17, 15) is 8.42 Å². The summed E-state index contributed by atoms with van der Waals surface area (Å²) in [6, 6.07) is 16.8. The predicted molar refractivity (Wildman–Crippen MR) is 87.1 cm³/mol. The van der Waals surface area contributed by atoms with Gasteiger partial charge >= 0.3 is 29.0 Å². The van der Waals surface area contributed by atoms with Crippen LogP contribution in [0.15, 0.2) is 72.3 Å². The Balaban J connectivity index is 0.00000161. The van der Waals surface area contributed by atoms with Crippen LogP contribution >= 0.6 is 0 Å². The quantitative estimate of drug-likeness (QED) is 0.322. The van der Waals surface area contributed by atoms with E-state index in [1.807, 2.05) is 42.5 Å². The topological polar surface area (TPSA) is 43.4 Å². The van der Waals surface area contributed by atoms with Crippen molar-refractivity contribution in [1.29, 1.82) is 0 Å². The van der Waals surface area contributed by atoms with Crippen LogP contribution in [0.1, 0.15) is 0 Å². The first-order valence-electron chi connectivity index (χ1n) is 6.07. The number of rotatable bonds is 3. The van der Waals surface area contributed by atoms with Crippen LogP contribution < -0.4 is 0 Å². The Labute approximate surface area is 135 Å². The van der Waals surface area contributed by atoms with Crippen LogP contribution in [0, 0.1) is 0 Å². The van der Waals surface area contributed by atoms with E-state index in [4.69, 9.17) is 0 Å². The Morgan fingerprint density at radius 1 is 0.905 bits per heavy atom. The molecule has 0 N–H and O–H groups in total. The van der Waals surface area contributed by atoms with Gasteiger partial charge in [0.15, 0.2) is 0 Å². The molecule has 102 valence electrons. The van der Waals surface area contributed by atoms with E-state index in [0.29, 0.717) is 5.39 Å². The standard InChI is InChI=1S/C16H12O3S.Li.H/c1-2-19-20(17,18)16-9-5-8-14-10-12-6-3-4-7-13(12)11-15(14)16;;/h2-11H,1H2;;. The second kappa shape index (κ2) is 5.95. The molecule has 0 atom stereocenters. The molecule has 3 aromatic carbocycles. The van der Waals surface area contributed by atoms with Crippen molar-refractivity contribution in [2.24, 2.45) is 0 Å². The zero-order valence-electron chi connectivity index (χ0n) is 10.6. The van der Waals surface area contributed by atoms with E-state index in [-0.39, 0.29) is 23.8 Å². The first-order valence-corrected chi connectivity index (χ1v) is 7.48. The van der Waals surface area contributed by atoms with Crippen molar-refractivity contribution >= 4 is 50.5 Å². The van der Waals surface area contributed by atoms with Crippen LogP contribution in [0.3, 0.4) is 0 Å². The fraction of sp³-hybridized carbons (Fsp3) is 0. The molecule has 0 fully saturated rings. The van der Waals surface area contributed by atoms with Crippen molar-refractivity contribution in [3.8, 4) is 0 Å². The van der Waals surface area contributed by atoms with Crippen molar-refractivity contribution in [1.82, 2.24) is 0 Å².